The minimum atomic E-state index is -3.12. The highest BCUT2D eigenvalue weighted by Crippen LogP contribution is 2.44. The van der Waals surface area contributed by atoms with Crippen LogP contribution in [-0.2, 0) is 4.57 Å². The summed E-state index contributed by atoms with van der Waals surface area (Å²) in [6.07, 6.45) is 0. The van der Waals surface area contributed by atoms with Crippen LogP contribution in [0, 0.1) is 0 Å². The van der Waals surface area contributed by atoms with Gasteiger partial charge in [0.05, 0.1) is 0 Å². The molecule has 208 valence electrons. The maximum Gasteiger partial charge on any atom is 0.171 e. The van der Waals surface area contributed by atoms with Gasteiger partial charge in [-0.1, -0.05) is 103 Å². The van der Waals surface area contributed by atoms with Crippen molar-refractivity contribution in [1.29, 1.82) is 0 Å². The monoisotopic (exact) mass is 584 g/mol. The van der Waals surface area contributed by atoms with Crippen molar-refractivity contribution in [1.82, 2.24) is 0 Å². The van der Waals surface area contributed by atoms with Gasteiger partial charge in [0.2, 0.25) is 0 Å². The van der Waals surface area contributed by atoms with Crippen molar-refractivity contribution in [3.05, 3.63) is 152 Å². The quantitative estimate of drug-likeness (QED) is 0.193. The van der Waals surface area contributed by atoms with Crippen LogP contribution < -0.4 is 15.9 Å². The molecule has 7 aromatic carbocycles. The molecule has 0 bridgehead atoms. The van der Waals surface area contributed by atoms with Gasteiger partial charge in [-0.3, -0.25) is 0 Å². The lowest BCUT2D eigenvalue weighted by molar-refractivity contribution is 0.592. The molecule has 0 aliphatic rings. The fourth-order valence-electron chi connectivity index (χ4n) is 6.59. The molecule has 0 fully saturated rings. The van der Waals surface area contributed by atoms with E-state index in [9.17, 15) is 0 Å². The molecule has 4 heteroatoms. The van der Waals surface area contributed by atoms with Crippen LogP contribution in [0.1, 0.15) is 0 Å². The van der Waals surface area contributed by atoms with E-state index in [4.69, 9.17) is 8.83 Å². The summed E-state index contributed by atoms with van der Waals surface area (Å²) in [6.45, 7) is 0. The van der Waals surface area contributed by atoms with Gasteiger partial charge in [0.25, 0.3) is 0 Å². The number of hydrogen-bond donors (Lipinski definition) is 0. The SMILES string of the molecule is O=P(c1ccccc1)(c1ccccc1)c1ccc2oc3ccc(-c4ccc5oc6ccc7ccccc7c6c5c4)cc3c2c1. The van der Waals surface area contributed by atoms with Gasteiger partial charge in [0.1, 0.15) is 22.3 Å². The van der Waals surface area contributed by atoms with E-state index >= 15 is 4.57 Å². The maximum atomic E-state index is 15.1. The molecule has 3 nitrogen and oxygen atoms in total. The first-order chi connectivity index (χ1) is 21.7. The Morgan fingerprint density at radius 1 is 0.386 bits per heavy atom. The molecule has 2 aromatic heterocycles. The minimum Gasteiger partial charge on any atom is -0.456 e. The lowest BCUT2D eigenvalue weighted by Crippen LogP contribution is -2.24. The van der Waals surface area contributed by atoms with Crippen molar-refractivity contribution in [2.24, 2.45) is 0 Å². The van der Waals surface area contributed by atoms with Crippen LogP contribution in [0.25, 0.3) is 65.8 Å². The van der Waals surface area contributed by atoms with Crippen LogP contribution in [0.4, 0.5) is 0 Å². The molecule has 0 atom stereocenters. The zero-order valence-electron chi connectivity index (χ0n) is 23.6. The third-order valence-corrected chi connectivity index (χ3v) is 11.8. The Morgan fingerprint density at radius 3 is 1.61 bits per heavy atom. The Bertz CT molecular complexity index is 2530. The number of benzene rings is 7. The van der Waals surface area contributed by atoms with E-state index in [0.717, 1.165) is 70.9 Å². The van der Waals surface area contributed by atoms with Crippen molar-refractivity contribution in [2.45, 2.75) is 0 Å². The molecule has 0 saturated carbocycles. The first kappa shape index (κ1) is 25.2. The van der Waals surface area contributed by atoms with Gasteiger partial charge < -0.3 is 13.4 Å². The van der Waals surface area contributed by atoms with E-state index in [0.29, 0.717) is 0 Å². The molecule has 0 saturated heterocycles. The highest BCUT2D eigenvalue weighted by molar-refractivity contribution is 7.85. The third-order valence-electron chi connectivity index (χ3n) is 8.75. The molecule has 9 rings (SSSR count). The lowest BCUT2D eigenvalue weighted by Gasteiger charge is -2.20. The van der Waals surface area contributed by atoms with Crippen molar-refractivity contribution in [3.63, 3.8) is 0 Å². The van der Waals surface area contributed by atoms with Gasteiger partial charge in [0.15, 0.2) is 7.14 Å². The van der Waals surface area contributed by atoms with E-state index in [-0.39, 0.29) is 0 Å². The molecule has 0 radical (unpaired) electrons. The molecule has 0 amide bonds. The topological polar surface area (TPSA) is 43.4 Å². The van der Waals surface area contributed by atoms with Crippen LogP contribution in [0.15, 0.2) is 160 Å². The van der Waals surface area contributed by atoms with Gasteiger partial charge in [0, 0.05) is 37.5 Å². The van der Waals surface area contributed by atoms with Crippen molar-refractivity contribution < 1.29 is 13.4 Å². The minimum absolute atomic E-state index is 0.774. The van der Waals surface area contributed by atoms with Crippen molar-refractivity contribution in [3.8, 4) is 11.1 Å². The van der Waals surface area contributed by atoms with Crippen molar-refractivity contribution in [2.75, 3.05) is 0 Å². The average Bonchev–Trinajstić information content (AvgIpc) is 3.66. The molecule has 0 N–H and O–H groups in total. The molecule has 0 unspecified atom stereocenters. The van der Waals surface area contributed by atoms with Crippen LogP contribution >= 0.6 is 7.14 Å². The summed E-state index contributed by atoms with van der Waals surface area (Å²) in [7, 11) is -3.12. The number of rotatable bonds is 4. The highest BCUT2D eigenvalue weighted by Gasteiger charge is 2.30. The second-order valence-electron chi connectivity index (χ2n) is 11.2. The van der Waals surface area contributed by atoms with E-state index < -0.39 is 7.14 Å². The highest BCUT2D eigenvalue weighted by atomic mass is 31.2. The van der Waals surface area contributed by atoms with Crippen LogP contribution in [0.5, 0.6) is 0 Å². The van der Waals surface area contributed by atoms with E-state index in [1.807, 2.05) is 78.9 Å². The van der Waals surface area contributed by atoms with Crippen LogP contribution in [0.3, 0.4) is 0 Å². The average molecular weight is 585 g/mol. The Balaban J connectivity index is 1.23. The lowest BCUT2D eigenvalue weighted by atomic mass is 9.99. The second-order valence-corrected chi connectivity index (χ2v) is 14.0. The molecular weight excluding hydrogens is 559 g/mol. The number of fused-ring (bicyclic) bond motifs is 8. The summed E-state index contributed by atoms with van der Waals surface area (Å²) in [5, 5.41) is 8.97. The summed E-state index contributed by atoms with van der Waals surface area (Å²) < 4.78 is 27.6. The number of hydrogen-bond acceptors (Lipinski definition) is 3. The fourth-order valence-corrected chi connectivity index (χ4v) is 9.26. The predicted octanol–water partition coefficient (Wildman–Crippen LogP) is 9.94. The first-order valence-corrected chi connectivity index (χ1v) is 16.4. The van der Waals surface area contributed by atoms with Gasteiger partial charge in [-0.15, -0.1) is 0 Å². The zero-order valence-corrected chi connectivity index (χ0v) is 24.5. The van der Waals surface area contributed by atoms with Crippen molar-refractivity contribution >= 4 is 77.7 Å². The van der Waals surface area contributed by atoms with Gasteiger partial charge >= 0.3 is 0 Å². The van der Waals surface area contributed by atoms with E-state index in [2.05, 4.69) is 72.8 Å². The van der Waals surface area contributed by atoms with E-state index in [1.54, 1.807) is 0 Å². The fraction of sp³-hybridized carbons (Fsp3) is 0. The zero-order chi connectivity index (χ0) is 29.3. The standard InChI is InChI=1S/C40H25O3P/c41-44(29-10-3-1-4-11-29,30-12-5-2-6-13-30)31-18-22-37-34(25-31)33-23-27(16-19-36(33)42-37)28-17-20-38-35(24-28)40-32-14-8-7-9-26(32)15-21-39(40)43-38/h1-25H. The predicted molar refractivity (Wildman–Crippen MR) is 183 cm³/mol. The molecule has 0 spiro atoms. The summed E-state index contributed by atoms with van der Waals surface area (Å²) >= 11 is 0. The smallest absolute Gasteiger partial charge is 0.171 e. The first-order valence-electron chi connectivity index (χ1n) is 14.7. The molecule has 44 heavy (non-hydrogen) atoms. The van der Waals surface area contributed by atoms with Gasteiger partial charge in [-0.2, -0.15) is 0 Å². The molecule has 0 aliphatic heterocycles. The summed E-state index contributed by atoms with van der Waals surface area (Å²) in [6, 6.07) is 50.8. The molecule has 0 aliphatic carbocycles. The van der Waals surface area contributed by atoms with Crippen LogP contribution in [0.2, 0.25) is 0 Å². The Labute approximate surface area is 253 Å². The summed E-state index contributed by atoms with van der Waals surface area (Å²) in [5.74, 6) is 0. The van der Waals surface area contributed by atoms with Gasteiger partial charge in [-0.25, -0.2) is 0 Å². The van der Waals surface area contributed by atoms with E-state index in [1.165, 1.54) is 10.8 Å². The molecule has 2 heterocycles. The maximum absolute atomic E-state index is 15.1. The largest absolute Gasteiger partial charge is 0.456 e. The number of furan rings is 2. The molecule has 9 aromatic rings. The van der Waals surface area contributed by atoms with Crippen LogP contribution in [-0.4, -0.2) is 0 Å². The third kappa shape index (κ3) is 3.73. The molecular formula is C40H25O3P. The second kappa shape index (κ2) is 9.57. The Hall–Kier alpha value is -5.37. The van der Waals surface area contributed by atoms with Gasteiger partial charge in [-0.05, 0) is 70.4 Å². The Morgan fingerprint density at radius 2 is 0.909 bits per heavy atom. The summed E-state index contributed by atoms with van der Waals surface area (Å²) in [4.78, 5) is 0. The Kier molecular flexibility index (Phi) is 5.47. The normalized spacial score (nSPS) is 12.2. The summed E-state index contributed by atoms with van der Waals surface area (Å²) in [5.41, 5.74) is 5.52.